The number of primary amides is 1. The van der Waals surface area contributed by atoms with Gasteiger partial charge in [0.25, 0.3) is 0 Å². The maximum absolute atomic E-state index is 14.2. The van der Waals surface area contributed by atoms with Crippen LogP contribution in [0.5, 0.6) is 0 Å². The minimum absolute atomic E-state index is 0.151. The SMILES string of the molecule is CC1CCCC(CN)N1c1ccc(C(N)=O)cc1F. The number of hydrogen-bond acceptors (Lipinski definition) is 3. The smallest absolute Gasteiger partial charge is 0.248 e. The normalized spacial score (nSPS) is 23.4. The van der Waals surface area contributed by atoms with Gasteiger partial charge in [-0.05, 0) is 44.4 Å². The van der Waals surface area contributed by atoms with E-state index in [0.717, 1.165) is 19.3 Å². The number of carbonyl (C=O) groups is 1. The van der Waals surface area contributed by atoms with Crippen molar-refractivity contribution in [1.29, 1.82) is 0 Å². The summed E-state index contributed by atoms with van der Waals surface area (Å²) in [5, 5.41) is 0. The molecule has 0 saturated carbocycles. The molecular weight excluding hydrogens is 245 g/mol. The molecule has 19 heavy (non-hydrogen) atoms. The maximum atomic E-state index is 14.2. The lowest BCUT2D eigenvalue weighted by Gasteiger charge is -2.42. The van der Waals surface area contributed by atoms with E-state index in [0.29, 0.717) is 12.2 Å². The summed E-state index contributed by atoms with van der Waals surface area (Å²) < 4.78 is 14.2. The highest BCUT2D eigenvalue weighted by Gasteiger charge is 2.29. The summed E-state index contributed by atoms with van der Waals surface area (Å²) in [6, 6.07) is 4.79. The zero-order valence-electron chi connectivity index (χ0n) is 11.1. The van der Waals surface area contributed by atoms with Crippen LogP contribution in [0.3, 0.4) is 0 Å². The van der Waals surface area contributed by atoms with Crippen LogP contribution in [0.15, 0.2) is 18.2 Å². The molecule has 1 aliphatic rings. The first-order valence-electron chi connectivity index (χ1n) is 6.62. The van der Waals surface area contributed by atoms with E-state index in [1.165, 1.54) is 6.07 Å². The first-order chi connectivity index (χ1) is 9.04. The molecule has 0 radical (unpaired) electrons. The Labute approximate surface area is 112 Å². The van der Waals surface area contributed by atoms with Gasteiger partial charge in [-0.3, -0.25) is 4.79 Å². The van der Waals surface area contributed by atoms with Crippen molar-refractivity contribution in [2.45, 2.75) is 38.3 Å². The third-order valence-corrected chi connectivity index (χ3v) is 3.81. The highest BCUT2D eigenvalue weighted by molar-refractivity contribution is 5.93. The van der Waals surface area contributed by atoms with Crippen LogP contribution < -0.4 is 16.4 Å². The van der Waals surface area contributed by atoms with Crippen molar-refractivity contribution in [3.8, 4) is 0 Å². The molecule has 1 aliphatic heterocycles. The van der Waals surface area contributed by atoms with Crippen molar-refractivity contribution in [1.82, 2.24) is 0 Å². The Balaban J connectivity index is 2.36. The molecule has 0 spiro atoms. The second-order valence-electron chi connectivity index (χ2n) is 5.11. The van der Waals surface area contributed by atoms with Crippen molar-refractivity contribution >= 4 is 11.6 Å². The van der Waals surface area contributed by atoms with Crippen LogP contribution in [-0.4, -0.2) is 24.5 Å². The molecule has 2 atom stereocenters. The fourth-order valence-electron chi connectivity index (χ4n) is 2.82. The standard InChI is InChI=1S/C14H20FN3O/c1-9-3-2-4-11(8-16)18(9)13-6-5-10(14(17)19)7-12(13)15/h5-7,9,11H,2-4,8,16H2,1H3,(H2,17,19). The number of carbonyl (C=O) groups excluding carboxylic acids is 1. The molecule has 5 heteroatoms. The van der Waals surface area contributed by atoms with Gasteiger partial charge in [-0.15, -0.1) is 0 Å². The van der Waals surface area contributed by atoms with Crippen LogP contribution in [-0.2, 0) is 0 Å². The predicted octanol–water partition coefficient (Wildman–Crippen LogP) is 1.63. The van der Waals surface area contributed by atoms with E-state index >= 15 is 0 Å². The number of nitrogens with zero attached hydrogens (tertiary/aromatic N) is 1. The van der Waals surface area contributed by atoms with E-state index in [1.54, 1.807) is 12.1 Å². The summed E-state index contributed by atoms with van der Waals surface area (Å²) in [6.45, 7) is 2.57. The summed E-state index contributed by atoms with van der Waals surface area (Å²) in [5.41, 5.74) is 11.6. The van der Waals surface area contributed by atoms with E-state index in [4.69, 9.17) is 11.5 Å². The quantitative estimate of drug-likeness (QED) is 0.872. The number of anilines is 1. The number of benzene rings is 1. The number of nitrogens with two attached hydrogens (primary N) is 2. The monoisotopic (exact) mass is 265 g/mol. The van der Waals surface area contributed by atoms with Gasteiger partial charge in [0.2, 0.25) is 5.91 Å². The summed E-state index contributed by atoms with van der Waals surface area (Å²) >= 11 is 0. The lowest BCUT2D eigenvalue weighted by atomic mass is 9.95. The Kier molecular flexibility index (Phi) is 4.04. The Hall–Kier alpha value is -1.62. The largest absolute Gasteiger partial charge is 0.366 e. The second kappa shape index (κ2) is 5.57. The van der Waals surface area contributed by atoms with E-state index in [1.807, 2.05) is 4.90 Å². The van der Waals surface area contributed by atoms with Crippen molar-refractivity contribution < 1.29 is 9.18 Å². The number of amides is 1. The zero-order chi connectivity index (χ0) is 14.0. The topological polar surface area (TPSA) is 72.3 Å². The molecule has 4 nitrogen and oxygen atoms in total. The fraction of sp³-hybridized carbons (Fsp3) is 0.500. The van der Waals surface area contributed by atoms with Crippen molar-refractivity contribution in [2.24, 2.45) is 11.5 Å². The van der Waals surface area contributed by atoms with Crippen molar-refractivity contribution in [2.75, 3.05) is 11.4 Å². The van der Waals surface area contributed by atoms with Crippen LogP contribution in [0.4, 0.5) is 10.1 Å². The summed E-state index contributed by atoms with van der Waals surface area (Å²) in [4.78, 5) is 13.1. The first-order valence-corrected chi connectivity index (χ1v) is 6.62. The molecule has 1 amide bonds. The molecule has 2 unspecified atom stereocenters. The number of hydrogen-bond donors (Lipinski definition) is 2. The molecule has 104 valence electrons. The average molecular weight is 265 g/mol. The summed E-state index contributed by atoms with van der Waals surface area (Å²) in [5.74, 6) is -1.03. The van der Waals surface area contributed by atoms with Gasteiger partial charge in [-0.2, -0.15) is 0 Å². The minimum atomic E-state index is -0.618. The Morgan fingerprint density at radius 2 is 2.21 bits per heavy atom. The summed E-state index contributed by atoms with van der Waals surface area (Å²) in [7, 11) is 0. The van der Waals surface area contributed by atoms with Crippen molar-refractivity contribution in [3.63, 3.8) is 0 Å². The third kappa shape index (κ3) is 2.71. The molecule has 1 aromatic rings. The molecule has 2 rings (SSSR count). The third-order valence-electron chi connectivity index (χ3n) is 3.81. The highest BCUT2D eigenvalue weighted by Crippen LogP contribution is 2.31. The molecule has 0 bridgehead atoms. The van der Waals surface area contributed by atoms with Crippen LogP contribution in [0.2, 0.25) is 0 Å². The van der Waals surface area contributed by atoms with Crippen LogP contribution >= 0.6 is 0 Å². The van der Waals surface area contributed by atoms with Gasteiger partial charge in [-0.25, -0.2) is 4.39 Å². The number of piperidine rings is 1. The first kappa shape index (κ1) is 13.8. The maximum Gasteiger partial charge on any atom is 0.248 e. The molecule has 0 aliphatic carbocycles. The molecule has 1 fully saturated rings. The molecular formula is C14H20FN3O. The minimum Gasteiger partial charge on any atom is -0.366 e. The Bertz CT molecular complexity index is 478. The fourth-order valence-corrected chi connectivity index (χ4v) is 2.82. The zero-order valence-corrected chi connectivity index (χ0v) is 11.1. The molecule has 0 aromatic heterocycles. The average Bonchev–Trinajstić information content (AvgIpc) is 2.38. The molecule has 1 heterocycles. The Morgan fingerprint density at radius 1 is 1.47 bits per heavy atom. The Morgan fingerprint density at radius 3 is 2.79 bits per heavy atom. The van der Waals surface area contributed by atoms with E-state index in [9.17, 15) is 9.18 Å². The number of rotatable bonds is 3. The predicted molar refractivity (Wildman–Crippen MR) is 73.6 cm³/mol. The van der Waals surface area contributed by atoms with Gasteiger partial charge in [0.15, 0.2) is 0 Å². The highest BCUT2D eigenvalue weighted by atomic mass is 19.1. The lowest BCUT2D eigenvalue weighted by molar-refractivity contribution is 0.1000. The van der Waals surface area contributed by atoms with Gasteiger partial charge >= 0.3 is 0 Å². The van der Waals surface area contributed by atoms with Gasteiger partial charge in [0, 0.05) is 24.2 Å². The van der Waals surface area contributed by atoms with E-state index in [2.05, 4.69) is 6.92 Å². The van der Waals surface area contributed by atoms with E-state index < -0.39 is 11.7 Å². The second-order valence-corrected chi connectivity index (χ2v) is 5.11. The van der Waals surface area contributed by atoms with E-state index in [-0.39, 0.29) is 17.6 Å². The molecule has 1 saturated heterocycles. The lowest BCUT2D eigenvalue weighted by Crippen LogP contribution is -2.49. The van der Waals surface area contributed by atoms with Crippen LogP contribution in [0, 0.1) is 5.82 Å². The van der Waals surface area contributed by atoms with Gasteiger partial charge < -0.3 is 16.4 Å². The summed E-state index contributed by atoms with van der Waals surface area (Å²) in [6.07, 6.45) is 3.10. The number of halogens is 1. The molecule has 1 aromatic carbocycles. The van der Waals surface area contributed by atoms with Gasteiger partial charge in [0.05, 0.1) is 5.69 Å². The molecule has 4 N–H and O–H groups in total. The van der Waals surface area contributed by atoms with Gasteiger partial charge in [0.1, 0.15) is 5.82 Å². The van der Waals surface area contributed by atoms with Gasteiger partial charge in [-0.1, -0.05) is 0 Å². The van der Waals surface area contributed by atoms with Crippen LogP contribution in [0.1, 0.15) is 36.5 Å². The van der Waals surface area contributed by atoms with Crippen LogP contribution in [0.25, 0.3) is 0 Å². The van der Waals surface area contributed by atoms with Crippen molar-refractivity contribution in [3.05, 3.63) is 29.6 Å².